The van der Waals surface area contributed by atoms with Crippen LogP contribution in [0, 0.1) is 0 Å². The van der Waals surface area contributed by atoms with E-state index in [2.05, 4.69) is 4.98 Å². The largest absolute Gasteiger partial charge is 0.493 e. The maximum atomic E-state index is 11.6. The van der Waals surface area contributed by atoms with Crippen molar-refractivity contribution in [2.75, 3.05) is 19.8 Å². The van der Waals surface area contributed by atoms with Crippen molar-refractivity contribution < 1.29 is 34.0 Å². The molecule has 0 aliphatic heterocycles. The monoisotopic (exact) mass is 473 g/mol. The van der Waals surface area contributed by atoms with Crippen LogP contribution in [0.4, 0.5) is 0 Å². The van der Waals surface area contributed by atoms with Gasteiger partial charge in [0.1, 0.15) is 17.1 Å². The molecule has 0 amide bonds. The molecule has 0 aliphatic carbocycles. The average Bonchev–Trinajstić information content (AvgIpc) is 2.79. The summed E-state index contributed by atoms with van der Waals surface area (Å²) in [6, 6.07) is 12.1. The zero-order chi connectivity index (χ0) is 23.8. The van der Waals surface area contributed by atoms with Crippen LogP contribution in [0.25, 0.3) is 10.9 Å². The number of aromatic carboxylic acids is 1. The topological polar surface area (TPSA) is 115 Å². The first kappa shape index (κ1) is 24.3. The van der Waals surface area contributed by atoms with E-state index >= 15 is 0 Å². The Morgan fingerprint density at radius 1 is 1.06 bits per heavy atom. The number of ether oxygens (including phenoxy) is 3. The summed E-state index contributed by atoms with van der Waals surface area (Å²) < 4.78 is 16.7. The predicted molar refractivity (Wildman–Crippen MR) is 123 cm³/mol. The van der Waals surface area contributed by atoms with Gasteiger partial charge >= 0.3 is 11.9 Å². The van der Waals surface area contributed by atoms with Crippen LogP contribution in [-0.2, 0) is 16.0 Å². The number of rotatable bonds is 12. The first-order valence-electron chi connectivity index (χ1n) is 10.4. The molecule has 1 unspecified atom stereocenters. The number of carboxylic acids is 2. The molecule has 0 radical (unpaired) electrons. The second kappa shape index (κ2) is 11.5. The maximum Gasteiger partial charge on any atom is 0.341 e. The number of nitrogens with zero attached hydrogens (tertiary/aromatic N) is 1. The lowest BCUT2D eigenvalue weighted by Crippen LogP contribution is -2.26. The molecule has 9 heteroatoms. The van der Waals surface area contributed by atoms with Gasteiger partial charge in [-0.2, -0.15) is 0 Å². The number of hydrogen-bond acceptors (Lipinski definition) is 6. The molecule has 0 saturated carbocycles. The minimum absolute atomic E-state index is 0.0203. The number of benzene rings is 2. The van der Waals surface area contributed by atoms with Crippen LogP contribution >= 0.6 is 11.6 Å². The lowest BCUT2D eigenvalue weighted by atomic mass is 10.1. The fourth-order valence-electron chi connectivity index (χ4n) is 3.23. The summed E-state index contributed by atoms with van der Waals surface area (Å²) in [7, 11) is 0. The third kappa shape index (κ3) is 6.57. The molecule has 3 rings (SSSR count). The predicted octanol–water partition coefficient (Wildman–Crippen LogP) is 4.47. The number of aliphatic carboxylic acids is 1. The smallest absolute Gasteiger partial charge is 0.341 e. The molecule has 0 spiro atoms. The molecule has 2 N–H and O–H groups in total. The minimum Gasteiger partial charge on any atom is -0.493 e. The van der Waals surface area contributed by atoms with E-state index in [1.165, 1.54) is 6.20 Å². The van der Waals surface area contributed by atoms with E-state index in [-0.39, 0.29) is 24.3 Å². The van der Waals surface area contributed by atoms with E-state index in [1.54, 1.807) is 49.4 Å². The second-order valence-corrected chi connectivity index (χ2v) is 7.58. The maximum absolute atomic E-state index is 11.6. The molecule has 3 aromatic rings. The molecule has 33 heavy (non-hydrogen) atoms. The highest BCUT2D eigenvalue weighted by Gasteiger charge is 2.18. The molecule has 0 aliphatic rings. The van der Waals surface area contributed by atoms with Gasteiger partial charge in [0.2, 0.25) is 0 Å². The molecular formula is C24H24ClNO7. The highest BCUT2D eigenvalue weighted by Crippen LogP contribution is 2.30. The van der Waals surface area contributed by atoms with Gasteiger partial charge in [-0.25, -0.2) is 9.59 Å². The summed E-state index contributed by atoms with van der Waals surface area (Å²) in [5.74, 6) is -1.23. The number of halogens is 1. The quantitative estimate of drug-likeness (QED) is 0.370. The van der Waals surface area contributed by atoms with Crippen LogP contribution in [-0.4, -0.2) is 53.1 Å². The van der Waals surface area contributed by atoms with Crippen molar-refractivity contribution in [2.24, 2.45) is 0 Å². The third-order valence-corrected chi connectivity index (χ3v) is 5.04. The standard InChI is InChI=1S/C24H24ClNO7/c1-2-31-21(24(29)30)12-15-4-7-17(8-5-15)32-10-3-11-33-22-18-9-6-16(25)13-20(18)26-14-19(22)23(27)28/h4-9,13-14,21H,2-3,10-12H2,1H3,(H,27,28)(H,29,30). The number of hydrogen-bond donors (Lipinski definition) is 2. The first-order valence-corrected chi connectivity index (χ1v) is 10.8. The fourth-order valence-corrected chi connectivity index (χ4v) is 3.39. The van der Waals surface area contributed by atoms with Gasteiger partial charge in [-0.15, -0.1) is 0 Å². The fraction of sp³-hybridized carbons (Fsp3) is 0.292. The van der Waals surface area contributed by atoms with Gasteiger partial charge in [0.25, 0.3) is 0 Å². The summed E-state index contributed by atoms with van der Waals surface area (Å²) in [6.45, 7) is 2.69. The third-order valence-electron chi connectivity index (χ3n) is 4.80. The van der Waals surface area contributed by atoms with Gasteiger partial charge in [-0.05, 0) is 42.8 Å². The van der Waals surface area contributed by atoms with E-state index in [0.29, 0.717) is 41.3 Å². The molecular weight excluding hydrogens is 450 g/mol. The highest BCUT2D eigenvalue weighted by atomic mass is 35.5. The molecule has 0 bridgehead atoms. The normalized spacial score (nSPS) is 11.8. The Balaban J connectivity index is 1.54. The first-order chi connectivity index (χ1) is 15.9. The Labute approximate surface area is 195 Å². The summed E-state index contributed by atoms with van der Waals surface area (Å²) in [6.07, 6.45) is 1.17. The lowest BCUT2D eigenvalue weighted by Gasteiger charge is -2.13. The van der Waals surface area contributed by atoms with Crippen molar-refractivity contribution >= 4 is 34.4 Å². The van der Waals surface area contributed by atoms with Crippen LogP contribution in [0.1, 0.15) is 29.3 Å². The van der Waals surface area contributed by atoms with Gasteiger partial charge < -0.3 is 24.4 Å². The van der Waals surface area contributed by atoms with Gasteiger partial charge in [0, 0.05) is 36.1 Å². The van der Waals surface area contributed by atoms with Crippen molar-refractivity contribution in [3.63, 3.8) is 0 Å². The van der Waals surface area contributed by atoms with Crippen molar-refractivity contribution in [1.29, 1.82) is 0 Å². The molecule has 2 aromatic carbocycles. The summed E-state index contributed by atoms with van der Waals surface area (Å²) >= 11 is 5.99. The Morgan fingerprint density at radius 3 is 2.45 bits per heavy atom. The summed E-state index contributed by atoms with van der Waals surface area (Å²) in [5, 5.41) is 19.7. The van der Waals surface area contributed by atoms with E-state index in [4.69, 9.17) is 25.8 Å². The van der Waals surface area contributed by atoms with Crippen molar-refractivity contribution in [3.05, 3.63) is 64.8 Å². The summed E-state index contributed by atoms with van der Waals surface area (Å²) in [5.41, 5.74) is 1.36. The highest BCUT2D eigenvalue weighted by molar-refractivity contribution is 6.31. The van der Waals surface area contributed by atoms with Crippen molar-refractivity contribution in [1.82, 2.24) is 4.98 Å². The zero-order valence-electron chi connectivity index (χ0n) is 18.0. The van der Waals surface area contributed by atoms with Crippen LogP contribution in [0.2, 0.25) is 5.02 Å². The number of carbonyl (C=O) groups is 2. The Morgan fingerprint density at radius 2 is 1.79 bits per heavy atom. The van der Waals surface area contributed by atoms with E-state index in [9.17, 15) is 19.8 Å². The van der Waals surface area contributed by atoms with Gasteiger partial charge in [0.15, 0.2) is 6.10 Å². The number of pyridine rings is 1. The van der Waals surface area contributed by atoms with Crippen LogP contribution in [0.3, 0.4) is 0 Å². The molecule has 8 nitrogen and oxygen atoms in total. The van der Waals surface area contributed by atoms with E-state index in [1.807, 2.05) is 0 Å². The zero-order valence-corrected chi connectivity index (χ0v) is 18.7. The lowest BCUT2D eigenvalue weighted by molar-refractivity contribution is -0.149. The second-order valence-electron chi connectivity index (χ2n) is 7.15. The Bertz CT molecular complexity index is 1120. The van der Waals surface area contributed by atoms with Crippen LogP contribution in [0.5, 0.6) is 11.5 Å². The SMILES string of the molecule is CCOC(Cc1ccc(OCCCOc2c(C(=O)O)cnc3cc(Cl)ccc23)cc1)C(=O)O. The Kier molecular flexibility index (Phi) is 8.46. The molecule has 0 fully saturated rings. The van der Waals surface area contributed by atoms with Gasteiger partial charge in [-0.1, -0.05) is 23.7 Å². The minimum atomic E-state index is -1.12. The van der Waals surface area contributed by atoms with Gasteiger partial charge in [-0.3, -0.25) is 4.98 Å². The van der Waals surface area contributed by atoms with Crippen LogP contribution in [0.15, 0.2) is 48.7 Å². The van der Waals surface area contributed by atoms with Crippen molar-refractivity contribution in [2.45, 2.75) is 25.9 Å². The molecule has 174 valence electrons. The van der Waals surface area contributed by atoms with Gasteiger partial charge in [0.05, 0.1) is 18.7 Å². The summed E-state index contributed by atoms with van der Waals surface area (Å²) in [4.78, 5) is 26.9. The number of carboxylic acid groups (broad SMARTS) is 2. The molecule has 1 aromatic heterocycles. The molecule has 1 atom stereocenters. The average molecular weight is 474 g/mol. The molecule has 0 saturated heterocycles. The number of aromatic nitrogens is 1. The van der Waals surface area contributed by atoms with Crippen LogP contribution < -0.4 is 9.47 Å². The molecule has 1 heterocycles. The Hall–Kier alpha value is -3.36. The van der Waals surface area contributed by atoms with Crippen molar-refractivity contribution in [3.8, 4) is 11.5 Å². The van der Waals surface area contributed by atoms with E-state index < -0.39 is 18.0 Å². The van der Waals surface area contributed by atoms with E-state index in [0.717, 1.165) is 5.56 Å². The number of fused-ring (bicyclic) bond motifs is 1.